The van der Waals surface area contributed by atoms with Crippen molar-refractivity contribution in [3.8, 4) is 0 Å². The Hall–Kier alpha value is -4.72. The first-order chi connectivity index (χ1) is 25.7. The minimum absolute atomic E-state index is 0.166. The summed E-state index contributed by atoms with van der Waals surface area (Å²) in [6.07, 6.45) is 4.04. The van der Waals surface area contributed by atoms with Gasteiger partial charge < -0.3 is 4.90 Å². The predicted octanol–water partition coefficient (Wildman–Crippen LogP) is 13.0. The van der Waals surface area contributed by atoms with Crippen LogP contribution in [0.1, 0.15) is 106 Å². The second kappa shape index (κ2) is 12.2. The van der Waals surface area contributed by atoms with Crippen LogP contribution in [0.5, 0.6) is 0 Å². The van der Waals surface area contributed by atoms with Gasteiger partial charge in [0.2, 0.25) is 12.0 Å². The molecule has 0 aliphatic carbocycles. The van der Waals surface area contributed by atoms with Crippen molar-refractivity contribution in [2.24, 2.45) is 0 Å². The molecule has 10 rings (SSSR count). The summed E-state index contributed by atoms with van der Waals surface area (Å²) in [5.41, 5.74) is 13.1. The van der Waals surface area contributed by atoms with Crippen molar-refractivity contribution in [3.63, 3.8) is 0 Å². The average Bonchev–Trinajstić information content (AvgIpc) is 3.51. The van der Waals surface area contributed by atoms with E-state index in [1.807, 2.05) is 29.7 Å². The van der Waals surface area contributed by atoms with E-state index in [-0.39, 0.29) is 12.2 Å². The maximum atomic E-state index is 5.33. The van der Waals surface area contributed by atoms with Crippen LogP contribution < -0.4 is 19.3 Å². The lowest BCUT2D eigenvalue weighted by Crippen LogP contribution is -2.47. The molecule has 6 aromatic rings. The highest BCUT2D eigenvalue weighted by Gasteiger charge is 2.55. The van der Waals surface area contributed by atoms with Crippen molar-refractivity contribution in [1.29, 1.82) is 0 Å². The van der Waals surface area contributed by atoms with Gasteiger partial charge >= 0.3 is 5.82 Å². The van der Waals surface area contributed by atoms with E-state index in [2.05, 4.69) is 171 Å². The molecule has 5 aromatic carbocycles. The van der Waals surface area contributed by atoms with E-state index >= 15 is 0 Å². The van der Waals surface area contributed by atoms with E-state index in [0.29, 0.717) is 17.8 Å². The van der Waals surface area contributed by atoms with Gasteiger partial charge in [0.05, 0.1) is 28.9 Å². The molecule has 0 amide bonds. The van der Waals surface area contributed by atoms with Crippen LogP contribution in [0.4, 0.5) is 40.1 Å². The van der Waals surface area contributed by atoms with Gasteiger partial charge in [0.25, 0.3) is 0 Å². The van der Waals surface area contributed by atoms with Crippen LogP contribution in [0.2, 0.25) is 0 Å². The Labute approximate surface area is 321 Å². The number of anilines is 7. The summed E-state index contributed by atoms with van der Waals surface area (Å²) in [7, 11) is 0. The molecule has 264 valence electrons. The first-order valence-electron chi connectivity index (χ1n) is 19.0. The van der Waals surface area contributed by atoms with E-state index in [9.17, 15) is 0 Å². The standard InChI is InChI=1S/C46H44N5S2/c1-26(2)31-14-12-15-32(27(3)4)41(31)50-44-46-48(23-22-47-44)29(7)34-17-13-16-33(28(5)6)42(34)51(46)45(50)30-24-39-43-40(25-30)53-38-21-11-9-19-36(38)49(43)35-18-8-10-20-37(35)52-39/h8-29,45H,1-7H3/q+1. The molecule has 2 atom stereocenters. The normalized spacial score (nSPS) is 17.6. The molecule has 4 aliphatic rings. The highest BCUT2D eigenvalue weighted by atomic mass is 32.2. The van der Waals surface area contributed by atoms with E-state index in [0.717, 1.165) is 5.82 Å². The number of para-hydroxylation sites is 4. The summed E-state index contributed by atoms with van der Waals surface area (Å²) in [5.74, 6) is 3.20. The highest BCUT2D eigenvalue weighted by Crippen LogP contribution is 2.63. The number of hydrogen-bond donors (Lipinski definition) is 0. The van der Waals surface area contributed by atoms with Crippen molar-refractivity contribution in [2.45, 2.75) is 98.0 Å². The molecule has 2 unspecified atom stereocenters. The fourth-order valence-electron chi connectivity index (χ4n) is 9.03. The number of rotatable bonds is 5. The second-order valence-corrected chi connectivity index (χ2v) is 17.8. The monoisotopic (exact) mass is 730 g/mol. The molecule has 7 heteroatoms. The van der Waals surface area contributed by atoms with Gasteiger partial charge in [-0.3, -0.25) is 4.90 Å². The molecule has 0 fully saturated rings. The maximum Gasteiger partial charge on any atom is 0.328 e. The molecular formula is C46H44N5S2+. The topological polar surface area (TPSA) is 26.5 Å². The summed E-state index contributed by atoms with van der Waals surface area (Å²) in [5, 5.41) is 0. The number of nitrogens with zero attached hydrogens (tertiary/aromatic N) is 5. The fraction of sp³-hybridized carbons (Fsp3) is 0.261. The molecule has 5 nitrogen and oxygen atoms in total. The Kier molecular flexibility index (Phi) is 7.54. The molecular weight excluding hydrogens is 687 g/mol. The minimum Gasteiger partial charge on any atom is -0.306 e. The Morgan fingerprint density at radius 3 is 1.74 bits per heavy atom. The SMILES string of the molecule is CC(C)c1cccc(C(C)C)c1N1c2ncc[n+]3c2N(c2c(C(C)C)cccc2C3C)C1c1cc2c3c(c1)Sc1ccccc1N3c1ccccc1S2. The molecule has 1 aromatic heterocycles. The van der Waals surface area contributed by atoms with Crippen LogP contribution in [0.3, 0.4) is 0 Å². The number of fused-ring (bicyclic) bond motifs is 6. The number of aromatic nitrogens is 2. The van der Waals surface area contributed by atoms with Gasteiger partial charge in [0.1, 0.15) is 17.9 Å². The van der Waals surface area contributed by atoms with Crippen molar-refractivity contribution in [2.75, 3.05) is 14.7 Å². The lowest BCUT2D eigenvalue weighted by atomic mass is 9.90. The first-order valence-corrected chi connectivity index (χ1v) is 20.6. The van der Waals surface area contributed by atoms with Gasteiger partial charge in [-0.1, -0.05) is 126 Å². The third-order valence-corrected chi connectivity index (χ3v) is 13.7. The zero-order valence-electron chi connectivity index (χ0n) is 31.3. The summed E-state index contributed by atoms with van der Waals surface area (Å²) in [6.45, 7) is 16.3. The Morgan fingerprint density at radius 2 is 1.15 bits per heavy atom. The zero-order chi connectivity index (χ0) is 36.3. The van der Waals surface area contributed by atoms with Gasteiger partial charge in [0, 0.05) is 36.3 Å². The van der Waals surface area contributed by atoms with Gasteiger partial charge in [0.15, 0.2) is 0 Å². The summed E-state index contributed by atoms with van der Waals surface area (Å²) >= 11 is 3.80. The van der Waals surface area contributed by atoms with Crippen LogP contribution in [0.25, 0.3) is 0 Å². The fourth-order valence-corrected chi connectivity index (χ4v) is 11.4. The van der Waals surface area contributed by atoms with Crippen molar-refractivity contribution < 1.29 is 4.57 Å². The predicted molar refractivity (Wildman–Crippen MR) is 220 cm³/mol. The Morgan fingerprint density at radius 1 is 0.604 bits per heavy atom. The van der Waals surface area contributed by atoms with Gasteiger partial charge in [-0.25, -0.2) is 9.55 Å². The first kappa shape index (κ1) is 32.9. The minimum atomic E-state index is -0.166. The van der Waals surface area contributed by atoms with Crippen LogP contribution in [0.15, 0.2) is 129 Å². The van der Waals surface area contributed by atoms with E-state index in [1.54, 1.807) is 0 Å². The molecule has 0 bridgehead atoms. The van der Waals surface area contributed by atoms with E-state index in [1.165, 1.54) is 81.7 Å². The molecule has 0 radical (unpaired) electrons. The second-order valence-electron chi connectivity index (χ2n) is 15.6. The van der Waals surface area contributed by atoms with Crippen LogP contribution in [0, 0.1) is 0 Å². The number of benzene rings is 5. The Balaban J connectivity index is 1.30. The number of hydrogen-bond acceptors (Lipinski definition) is 6. The van der Waals surface area contributed by atoms with Gasteiger partial charge in [-0.2, -0.15) is 4.90 Å². The summed E-state index contributed by atoms with van der Waals surface area (Å²) in [6, 6.07) is 36.8. The van der Waals surface area contributed by atoms with Crippen LogP contribution in [-0.4, -0.2) is 4.98 Å². The third-order valence-electron chi connectivity index (χ3n) is 11.5. The van der Waals surface area contributed by atoms with E-state index in [4.69, 9.17) is 4.98 Å². The maximum absolute atomic E-state index is 5.33. The average molecular weight is 731 g/mol. The van der Waals surface area contributed by atoms with Gasteiger partial charge in [-0.15, -0.1) is 0 Å². The smallest absolute Gasteiger partial charge is 0.306 e. The molecule has 0 spiro atoms. The van der Waals surface area contributed by atoms with Crippen molar-refractivity contribution >= 4 is 63.6 Å². The molecule has 0 saturated carbocycles. The molecule has 53 heavy (non-hydrogen) atoms. The van der Waals surface area contributed by atoms with Crippen LogP contribution >= 0.6 is 23.5 Å². The van der Waals surface area contributed by atoms with Gasteiger partial charge in [-0.05, 0) is 72.2 Å². The van der Waals surface area contributed by atoms with Crippen LogP contribution in [-0.2, 0) is 0 Å². The zero-order valence-corrected chi connectivity index (χ0v) is 33.0. The summed E-state index contributed by atoms with van der Waals surface area (Å²) < 4.78 is 2.47. The lowest BCUT2D eigenvalue weighted by molar-refractivity contribution is -0.699. The van der Waals surface area contributed by atoms with Crippen molar-refractivity contribution in [1.82, 2.24) is 4.98 Å². The molecule has 5 heterocycles. The lowest BCUT2D eigenvalue weighted by Gasteiger charge is -2.40. The highest BCUT2D eigenvalue weighted by molar-refractivity contribution is 8.00. The molecule has 4 aliphatic heterocycles. The summed E-state index contributed by atoms with van der Waals surface area (Å²) in [4.78, 5) is 18.2. The molecule has 0 saturated heterocycles. The van der Waals surface area contributed by atoms with Crippen molar-refractivity contribution in [3.05, 3.63) is 137 Å². The quantitative estimate of drug-likeness (QED) is 0.164. The Bertz CT molecular complexity index is 2370. The largest absolute Gasteiger partial charge is 0.328 e. The third kappa shape index (κ3) is 4.72. The van der Waals surface area contributed by atoms with E-state index < -0.39 is 0 Å². The molecule has 0 N–H and O–H groups in total.